The van der Waals surface area contributed by atoms with E-state index in [-0.39, 0.29) is 12.5 Å². The third kappa shape index (κ3) is 3.14. The van der Waals surface area contributed by atoms with Gasteiger partial charge in [0.05, 0.1) is 5.41 Å². The van der Waals surface area contributed by atoms with E-state index in [1.807, 2.05) is 44.2 Å². The van der Waals surface area contributed by atoms with Crippen LogP contribution in [0.15, 0.2) is 30.3 Å². The quantitative estimate of drug-likeness (QED) is 0.620. The first kappa shape index (κ1) is 16.5. The molecule has 1 saturated heterocycles. The molecular weight excluding hydrogens is 282 g/mol. The normalized spacial score (nSPS) is 20.7. The number of rotatable bonds is 7. The maximum Gasteiger partial charge on any atom is 0.335 e. The summed E-state index contributed by atoms with van der Waals surface area (Å²) < 4.78 is 10.9. The monoisotopic (exact) mass is 305 g/mol. The minimum atomic E-state index is -0.716. The second-order valence-electron chi connectivity index (χ2n) is 5.59. The average molecular weight is 305 g/mol. The Labute approximate surface area is 131 Å². The van der Waals surface area contributed by atoms with Crippen molar-refractivity contribution >= 4 is 11.9 Å². The minimum Gasteiger partial charge on any atom is -0.459 e. The van der Waals surface area contributed by atoms with E-state index >= 15 is 0 Å². The van der Waals surface area contributed by atoms with Crippen molar-refractivity contribution in [1.29, 1.82) is 0 Å². The molecule has 1 aliphatic heterocycles. The Bertz CT molecular complexity index is 525. The molecular formula is C17H23NO4. The second kappa shape index (κ2) is 6.92. The summed E-state index contributed by atoms with van der Waals surface area (Å²) in [6, 6.07) is 9.48. The number of benzene rings is 1. The molecule has 5 nitrogen and oxygen atoms in total. The number of hydrogen-bond acceptors (Lipinski definition) is 4. The molecule has 2 atom stereocenters. The molecule has 5 heteroatoms. The van der Waals surface area contributed by atoms with Crippen molar-refractivity contribution < 1.29 is 19.1 Å². The van der Waals surface area contributed by atoms with E-state index in [9.17, 15) is 9.59 Å². The summed E-state index contributed by atoms with van der Waals surface area (Å²) in [7, 11) is 0. The summed E-state index contributed by atoms with van der Waals surface area (Å²) in [5, 5.41) is 2.73. The zero-order valence-electron chi connectivity index (χ0n) is 13.3. The minimum absolute atomic E-state index is 0.00708. The van der Waals surface area contributed by atoms with Crippen LogP contribution in [0.4, 0.5) is 0 Å². The van der Waals surface area contributed by atoms with Gasteiger partial charge in [-0.3, -0.25) is 4.79 Å². The standard InChI is InChI=1S/C17H23NO4/c1-4-17(5-2)15(20)18-16(17)22-12(3)14(19)21-11-13-9-7-6-8-10-13/h6-10,12,16H,4-5,11H2,1-3H3,(H,18,20)/t12?,16-/m1/s1. The fourth-order valence-corrected chi connectivity index (χ4v) is 2.65. The molecule has 0 radical (unpaired) electrons. The van der Waals surface area contributed by atoms with Crippen molar-refractivity contribution in [2.45, 2.75) is 52.6 Å². The zero-order chi connectivity index (χ0) is 16.2. The van der Waals surface area contributed by atoms with Crippen LogP contribution in [0.3, 0.4) is 0 Å². The Hall–Kier alpha value is -1.88. The topological polar surface area (TPSA) is 64.6 Å². The van der Waals surface area contributed by atoms with Gasteiger partial charge in [-0.1, -0.05) is 44.2 Å². The first-order valence-corrected chi connectivity index (χ1v) is 7.70. The predicted octanol–water partition coefficient (Wildman–Crippen LogP) is 2.40. The van der Waals surface area contributed by atoms with Gasteiger partial charge in [-0.2, -0.15) is 0 Å². The van der Waals surface area contributed by atoms with Crippen molar-refractivity contribution in [3.8, 4) is 0 Å². The van der Waals surface area contributed by atoms with Gasteiger partial charge in [-0.25, -0.2) is 4.79 Å². The largest absolute Gasteiger partial charge is 0.459 e. The highest BCUT2D eigenvalue weighted by molar-refractivity contribution is 5.89. The van der Waals surface area contributed by atoms with Crippen LogP contribution in [0.1, 0.15) is 39.2 Å². The van der Waals surface area contributed by atoms with E-state index in [4.69, 9.17) is 9.47 Å². The van der Waals surface area contributed by atoms with Gasteiger partial charge in [0.25, 0.3) is 0 Å². The molecule has 1 fully saturated rings. The van der Waals surface area contributed by atoms with Gasteiger partial charge in [0, 0.05) is 0 Å². The lowest BCUT2D eigenvalue weighted by molar-refractivity contribution is -0.194. The molecule has 1 aromatic carbocycles. The van der Waals surface area contributed by atoms with Gasteiger partial charge in [-0.15, -0.1) is 0 Å². The fourth-order valence-electron chi connectivity index (χ4n) is 2.65. The lowest BCUT2D eigenvalue weighted by Crippen LogP contribution is -2.68. The highest BCUT2D eigenvalue weighted by Gasteiger charge is 2.54. The molecule has 0 aliphatic carbocycles. The van der Waals surface area contributed by atoms with Crippen molar-refractivity contribution in [3.05, 3.63) is 35.9 Å². The van der Waals surface area contributed by atoms with Gasteiger partial charge in [0.2, 0.25) is 5.91 Å². The lowest BCUT2D eigenvalue weighted by Gasteiger charge is -2.47. The van der Waals surface area contributed by atoms with Crippen molar-refractivity contribution in [3.63, 3.8) is 0 Å². The third-order valence-corrected chi connectivity index (χ3v) is 4.37. The molecule has 2 rings (SSSR count). The van der Waals surface area contributed by atoms with Gasteiger partial charge in [-0.05, 0) is 25.3 Å². The molecule has 1 aliphatic rings. The first-order valence-electron chi connectivity index (χ1n) is 7.70. The summed E-state index contributed by atoms with van der Waals surface area (Å²) in [6.07, 6.45) is 0.235. The van der Waals surface area contributed by atoms with Crippen LogP contribution in [-0.2, 0) is 25.7 Å². The van der Waals surface area contributed by atoms with Gasteiger partial charge < -0.3 is 14.8 Å². The molecule has 0 bridgehead atoms. The number of β-lactam (4-membered cyclic amide) rings is 1. The Morgan fingerprint density at radius 3 is 2.45 bits per heavy atom. The maximum atomic E-state index is 12.0. The molecule has 1 N–H and O–H groups in total. The Morgan fingerprint density at radius 1 is 1.27 bits per heavy atom. The summed E-state index contributed by atoms with van der Waals surface area (Å²) >= 11 is 0. The van der Waals surface area contributed by atoms with E-state index < -0.39 is 23.7 Å². The molecule has 0 spiro atoms. The highest BCUT2D eigenvalue weighted by atomic mass is 16.6. The maximum absolute atomic E-state index is 12.0. The van der Waals surface area contributed by atoms with E-state index in [0.717, 1.165) is 5.56 Å². The van der Waals surface area contributed by atoms with Crippen molar-refractivity contribution in [2.75, 3.05) is 0 Å². The fraction of sp³-hybridized carbons (Fsp3) is 0.529. The molecule has 1 aromatic rings. The van der Waals surface area contributed by atoms with Crippen LogP contribution in [-0.4, -0.2) is 24.2 Å². The Balaban J connectivity index is 1.85. The molecule has 0 aromatic heterocycles. The molecule has 120 valence electrons. The number of esters is 1. The molecule has 1 heterocycles. The molecule has 22 heavy (non-hydrogen) atoms. The summed E-state index contributed by atoms with van der Waals surface area (Å²) in [5.41, 5.74) is 0.407. The molecule has 1 unspecified atom stereocenters. The van der Waals surface area contributed by atoms with Gasteiger partial charge in [0.15, 0.2) is 6.10 Å². The molecule has 0 saturated carbocycles. The summed E-state index contributed by atoms with van der Waals surface area (Å²) in [6.45, 7) is 5.78. The highest BCUT2D eigenvalue weighted by Crippen LogP contribution is 2.39. The number of carbonyl (C=O) groups excluding carboxylic acids is 2. The van der Waals surface area contributed by atoms with Crippen LogP contribution < -0.4 is 5.32 Å². The molecule has 1 amide bonds. The second-order valence-corrected chi connectivity index (χ2v) is 5.59. The van der Waals surface area contributed by atoms with Crippen molar-refractivity contribution in [2.24, 2.45) is 5.41 Å². The zero-order valence-corrected chi connectivity index (χ0v) is 13.3. The number of carbonyl (C=O) groups is 2. The van der Waals surface area contributed by atoms with Crippen LogP contribution >= 0.6 is 0 Å². The van der Waals surface area contributed by atoms with E-state index in [1.165, 1.54) is 0 Å². The van der Waals surface area contributed by atoms with Crippen LogP contribution in [0.25, 0.3) is 0 Å². The van der Waals surface area contributed by atoms with Gasteiger partial charge >= 0.3 is 5.97 Å². The summed E-state index contributed by atoms with van der Waals surface area (Å²) in [4.78, 5) is 23.8. The predicted molar refractivity (Wildman–Crippen MR) is 81.7 cm³/mol. The average Bonchev–Trinajstić information content (AvgIpc) is 2.54. The van der Waals surface area contributed by atoms with E-state index in [1.54, 1.807) is 6.92 Å². The van der Waals surface area contributed by atoms with Crippen LogP contribution in [0.5, 0.6) is 0 Å². The lowest BCUT2D eigenvalue weighted by atomic mass is 9.73. The first-order chi connectivity index (χ1) is 10.5. The van der Waals surface area contributed by atoms with Crippen LogP contribution in [0, 0.1) is 5.41 Å². The third-order valence-electron chi connectivity index (χ3n) is 4.37. The van der Waals surface area contributed by atoms with E-state index in [2.05, 4.69) is 5.32 Å². The number of hydrogen-bond donors (Lipinski definition) is 1. The number of ether oxygens (including phenoxy) is 2. The Morgan fingerprint density at radius 2 is 1.91 bits per heavy atom. The Kier molecular flexibility index (Phi) is 5.19. The van der Waals surface area contributed by atoms with Crippen LogP contribution in [0.2, 0.25) is 0 Å². The smallest absolute Gasteiger partial charge is 0.335 e. The number of amides is 1. The van der Waals surface area contributed by atoms with Crippen molar-refractivity contribution in [1.82, 2.24) is 5.32 Å². The van der Waals surface area contributed by atoms with Gasteiger partial charge in [0.1, 0.15) is 12.8 Å². The summed E-state index contributed by atoms with van der Waals surface area (Å²) in [5.74, 6) is -0.432. The number of nitrogens with one attached hydrogen (secondary N) is 1. The SMILES string of the molecule is CCC1(CC)C(=O)N[C@@H]1OC(C)C(=O)OCc1ccccc1. The van der Waals surface area contributed by atoms with E-state index in [0.29, 0.717) is 12.8 Å².